The van der Waals surface area contributed by atoms with Crippen molar-refractivity contribution < 1.29 is 80.4 Å². The molecule has 8 nitrogen and oxygen atoms in total. The molecule has 16 aromatic rings. The van der Waals surface area contributed by atoms with Crippen molar-refractivity contribution in [2.45, 2.75) is 79.1 Å². The molecule has 0 spiro atoms. The second-order valence-electron chi connectivity index (χ2n) is 22.6. The Balaban J connectivity index is 0.000000103. The zero-order chi connectivity index (χ0) is 53.1. The summed E-state index contributed by atoms with van der Waals surface area (Å²) in [6, 6.07) is 57.2. The van der Waals surface area contributed by atoms with Gasteiger partial charge in [-0.2, -0.15) is 0 Å². The van der Waals surface area contributed by atoms with Gasteiger partial charge in [-0.25, -0.2) is 0 Å². The number of pyridine rings is 4. The summed E-state index contributed by atoms with van der Waals surface area (Å²) in [5.41, 5.74) is 25.6. The fraction of sp³-hybridized carbons (Fsp3) is 0.167. The van der Waals surface area contributed by atoms with Crippen molar-refractivity contribution in [3.05, 3.63) is 238 Å². The predicted molar refractivity (Wildman–Crippen MR) is 325 cm³/mol. The molecular formula is C72H52Ir4N8-4. The van der Waals surface area contributed by atoms with Gasteiger partial charge >= 0.3 is 0 Å². The number of nitrogens with zero attached hydrogens (tertiary/aromatic N) is 8. The summed E-state index contributed by atoms with van der Waals surface area (Å²) in [6.45, 7) is 8.59. The monoisotopic (exact) mass is 1800 g/mol. The molecule has 0 bridgehead atoms. The molecule has 0 fully saturated rings. The Morgan fingerprint density at radius 1 is 0.357 bits per heavy atom. The van der Waals surface area contributed by atoms with Crippen LogP contribution < -0.4 is 0 Å². The van der Waals surface area contributed by atoms with E-state index < -0.39 is 0 Å². The van der Waals surface area contributed by atoms with Crippen LogP contribution in [0.1, 0.15) is 67.3 Å². The molecule has 4 aliphatic rings. The number of aryl methyl sites for hydroxylation is 12. The summed E-state index contributed by atoms with van der Waals surface area (Å²) in [7, 11) is 0. The van der Waals surface area contributed by atoms with Gasteiger partial charge in [0.1, 0.15) is 0 Å². The first-order valence-corrected chi connectivity index (χ1v) is 28.2. The molecule has 12 heteroatoms. The van der Waals surface area contributed by atoms with E-state index in [1.807, 2.05) is 36.9 Å². The number of para-hydroxylation sites is 3. The van der Waals surface area contributed by atoms with E-state index in [1.54, 1.807) is 0 Å². The van der Waals surface area contributed by atoms with Crippen LogP contribution in [0.4, 0.5) is 0 Å². The van der Waals surface area contributed by atoms with Crippen molar-refractivity contribution >= 4 is 109 Å². The Bertz CT molecular complexity index is 5340. The van der Waals surface area contributed by atoms with E-state index in [2.05, 4.69) is 199 Å². The van der Waals surface area contributed by atoms with Crippen LogP contribution in [0.3, 0.4) is 0 Å². The van der Waals surface area contributed by atoms with Gasteiger partial charge in [0.05, 0.1) is 22.6 Å². The summed E-state index contributed by atoms with van der Waals surface area (Å²) in [6.07, 6.45) is 16.8. The van der Waals surface area contributed by atoms with Crippen molar-refractivity contribution in [2.24, 2.45) is 0 Å². The maximum atomic E-state index is 4.67. The minimum absolute atomic E-state index is 0. The third kappa shape index (κ3) is 8.31. The molecule has 8 aromatic heterocycles. The number of hydrogen-bond donors (Lipinski definition) is 0. The SMILES string of the molecule is Cc1[c-]c2c(cc1)c1cccc3c1n1c(cnc21)CC3.Cc1c[c-]c2c(c1)c1cccc3c1n1c(cnc21)CC3.Cc1cc[c-]c2c1c1cccc3c1n1c(cnc21)CC3.Cc1ccc2c3c1c1ccc[c-]c1c1ncc(n13)CC2.[Ir].[Ir].[Ir].[Ir]. The number of rotatable bonds is 0. The zero-order valence-electron chi connectivity index (χ0n) is 46.4. The maximum Gasteiger partial charge on any atom is 0.0611 e. The van der Waals surface area contributed by atoms with Crippen molar-refractivity contribution in [2.75, 3.05) is 0 Å². The van der Waals surface area contributed by atoms with Gasteiger partial charge in [0.2, 0.25) is 0 Å². The van der Waals surface area contributed by atoms with Gasteiger partial charge < -0.3 is 17.6 Å². The van der Waals surface area contributed by atoms with E-state index in [1.165, 1.54) is 127 Å². The van der Waals surface area contributed by atoms with E-state index in [4.69, 9.17) is 0 Å². The first-order valence-electron chi connectivity index (χ1n) is 28.2. The van der Waals surface area contributed by atoms with Gasteiger partial charge in [-0.15, -0.1) is 106 Å². The largest absolute Gasteiger partial charge is 0.337 e. The number of benzene rings is 8. The Hall–Kier alpha value is -6.80. The molecule has 0 unspecified atom stereocenters. The van der Waals surface area contributed by atoms with Crippen molar-refractivity contribution in [3.8, 4) is 0 Å². The summed E-state index contributed by atoms with van der Waals surface area (Å²) in [4.78, 5) is 18.7. The first-order chi connectivity index (χ1) is 39.3. The van der Waals surface area contributed by atoms with E-state index >= 15 is 0 Å². The molecule has 0 saturated heterocycles. The molecule has 4 radical (unpaired) electrons. The van der Waals surface area contributed by atoms with Gasteiger partial charge in [-0.1, -0.05) is 125 Å². The van der Waals surface area contributed by atoms with Crippen molar-refractivity contribution in [1.82, 2.24) is 37.5 Å². The number of fused-ring (bicyclic) bond motifs is 12. The molecule has 0 N–H and O–H groups in total. The molecule has 20 rings (SSSR count). The molecule has 0 saturated carbocycles. The fourth-order valence-corrected chi connectivity index (χ4v) is 14.3. The normalized spacial score (nSPS) is 13.2. The van der Waals surface area contributed by atoms with Crippen LogP contribution in [-0.2, 0) is 132 Å². The van der Waals surface area contributed by atoms with Crippen LogP contribution in [0.5, 0.6) is 0 Å². The van der Waals surface area contributed by atoms with Gasteiger partial charge in [0.25, 0.3) is 0 Å². The molecule has 420 valence electrons. The second-order valence-corrected chi connectivity index (χ2v) is 22.6. The minimum Gasteiger partial charge on any atom is -0.337 e. The van der Waals surface area contributed by atoms with Crippen LogP contribution in [0.15, 0.2) is 146 Å². The minimum atomic E-state index is 0. The second kappa shape index (κ2) is 21.6. The third-order valence-corrected chi connectivity index (χ3v) is 17.9. The Labute approximate surface area is 539 Å². The number of imidazole rings is 4. The van der Waals surface area contributed by atoms with Gasteiger partial charge in [-0.05, 0) is 102 Å². The van der Waals surface area contributed by atoms with Gasteiger partial charge in [-0.3, -0.25) is 19.9 Å². The fourth-order valence-electron chi connectivity index (χ4n) is 14.3. The van der Waals surface area contributed by atoms with Gasteiger partial charge in [0.15, 0.2) is 0 Å². The van der Waals surface area contributed by atoms with E-state index in [-0.39, 0.29) is 80.4 Å². The molecule has 8 aromatic carbocycles. The van der Waals surface area contributed by atoms with Crippen LogP contribution in [0.25, 0.3) is 109 Å². The topological polar surface area (TPSA) is 69.2 Å². The van der Waals surface area contributed by atoms with E-state index in [0.29, 0.717) is 0 Å². The van der Waals surface area contributed by atoms with Crippen molar-refractivity contribution in [3.63, 3.8) is 0 Å². The van der Waals surface area contributed by atoms with Crippen LogP contribution in [-0.4, -0.2) is 37.5 Å². The average Bonchev–Trinajstić information content (AvgIpc) is 3.98. The number of aromatic nitrogens is 8. The van der Waals surface area contributed by atoms with Crippen LogP contribution >= 0.6 is 0 Å². The summed E-state index contributed by atoms with van der Waals surface area (Å²) < 4.78 is 9.36. The van der Waals surface area contributed by atoms with Gasteiger partial charge in [0, 0.05) is 150 Å². The molecule has 84 heavy (non-hydrogen) atoms. The zero-order valence-corrected chi connectivity index (χ0v) is 56.0. The summed E-state index contributed by atoms with van der Waals surface area (Å²) in [5, 5.41) is 15.0. The number of hydrogen-bond acceptors (Lipinski definition) is 4. The molecule has 4 aliphatic heterocycles. The Morgan fingerprint density at radius 3 is 1.42 bits per heavy atom. The van der Waals surface area contributed by atoms with E-state index in [9.17, 15) is 0 Å². The van der Waals surface area contributed by atoms with Crippen LogP contribution in [0, 0.1) is 52.0 Å². The van der Waals surface area contributed by atoms with Crippen molar-refractivity contribution in [1.29, 1.82) is 0 Å². The van der Waals surface area contributed by atoms with Crippen LogP contribution in [0.2, 0.25) is 0 Å². The predicted octanol–water partition coefficient (Wildman–Crippen LogP) is 15.4. The third-order valence-electron chi connectivity index (χ3n) is 17.9. The Morgan fingerprint density at radius 2 is 0.821 bits per heavy atom. The summed E-state index contributed by atoms with van der Waals surface area (Å²) in [5.74, 6) is 0. The first kappa shape index (κ1) is 56.3. The molecule has 0 amide bonds. The standard InChI is InChI=1S/4C18H13N2.4Ir/c1-11-4-2-7-15-16(11)14-6-3-5-12-8-9-13-10-19-18(15)20(13)17(12)14;1-11-5-8-14-15-4-2-3-12-6-7-13-10-19-18(16(14)9-11)20(13)17(12)15;1-11-5-8-15-16(9-11)14-4-2-3-12-6-7-13-10-19-18(15)20(13)17(12)14;1-11-6-7-12-8-9-13-10-19-18-15-5-3-2-4-14(15)16(11)17(12)20(13)18;;;;/h2-6,10H,8-9H2,1H3;2-5,8,10H,6-7H2,1H3;2-5,9-10H,6-7H2,1H3;2-4,6-7,10H,8-9H2,1H3;;;;/q4*-1;;;;. The molecule has 0 aliphatic carbocycles. The summed E-state index contributed by atoms with van der Waals surface area (Å²) >= 11 is 0. The Kier molecular flexibility index (Phi) is 14.5. The molecule has 0 atom stereocenters. The molecule has 12 heterocycles. The smallest absolute Gasteiger partial charge is 0.0611 e. The van der Waals surface area contributed by atoms with E-state index in [0.717, 1.165) is 101 Å². The quantitative estimate of drug-likeness (QED) is 0.112. The maximum absolute atomic E-state index is 4.67. The average molecular weight is 1800 g/mol. The molecular weight excluding hydrogens is 1750 g/mol.